The minimum Gasteiger partial charge on any atom is -0.396 e. The number of hydrogen-bond donors (Lipinski definition) is 3. The molecule has 0 aromatic rings. The van der Waals surface area contributed by atoms with Crippen LogP contribution in [0.1, 0.15) is 44.9 Å². The summed E-state index contributed by atoms with van der Waals surface area (Å²) in [5, 5.41) is 15.8. The monoisotopic (exact) mass is 338 g/mol. The number of nitrogens with one attached hydrogen (secondary N) is 2. The first-order valence-corrected chi connectivity index (χ1v) is 8.32. The molecular weight excluding hydrogens is 307 g/mol. The maximum Gasteiger partial charge on any atom is 0.0443 e. The number of aliphatic hydroxyl groups is 1. The first kappa shape index (κ1) is 19.5. The number of rotatable bonds is 8. The highest BCUT2D eigenvalue weighted by atomic mass is 35.5. The molecule has 3 N–H and O–H groups in total. The molecule has 0 unspecified atom stereocenters. The van der Waals surface area contributed by atoms with Gasteiger partial charge in [-0.3, -0.25) is 0 Å². The Morgan fingerprint density at radius 1 is 0.810 bits per heavy atom. The summed E-state index contributed by atoms with van der Waals surface area (Å²) >= 11 is 0. The molecule has 0 aromatic heterocycles. The van der Waals surface area contributed by atoms with Gasteiger partial charge in [0.2, 0.25) is 0 Å². The van der Waals surface area contributed by atoms with Crippen LogP contribution in [0.5, 0.6) is 0 Å². The molecule has 5 heteroatoms. The van der Waals surface area contributed by atoms with Crippen LogP contribution in [0.3, 0.4) is 0 Å². The SMILES string of the molecule is Cl.Cl.OCCCNCCNCC12CC3CC(CC(C3)C1)C2. The highest BCUT2D eigenvalue weighted by Gasteiger charge is 2.50. The average molecular weight is 339 g/mol. The smallest absolute Gasteiger partial charge is 0.0443 e. The van der Waals surface area contributed by atoms with Crippen LogP contribution in [-0.4, -0.2) is 37.9 Å². The minimum atomic E-state index is 0. The summed E-state index contributed by atoms with van der Waals surface area (Å²) < 4.78 is 0. The average Bonchev–Trinajstić information content (AvgIpc) is 2.36. The third-order valence-electron chi connectivity index (χ3n) is 5.66. The zero-order valence-corrected chi connectivity index (χ0v) is 14.6. The van der Waals surface area contributed by atoms with Crippen molar-refractivity contribution in [3.63, 3.8) is 0 Å². The normalized spacial score (nSPS) is 36.1. The lowest BCUT2D eigenvalue weighted by Gasteiger charge is -2.57. The van der Waals surface area contributed by atoms with Crippen molar-refractivity contribution in [3.05, 3.63) is 0 Å². The largest absolute Gasteiger partial charge is 0.396 e. The zero-order chi connectivity index (χ0) is 13.1. The van der Waals surface area contributed by atoms with Crippen LogP contribution in [0.25, 0.3) is 0 Å². The molecule has 21 heavy (non-hydrogen) atoms. The molecule has 0 spiro atoms. The van der Waals surface area contributed by atoms with Gasteiger partial charge in [-0.1, -0.05) is 0 Å². The van der Waals surface area contributed by atoms with Gasteiger partial charge in [-0.25, -0.2) is 0 Å². The third kappa shape index (κ3) is 4.97. The Bertz CT molecular complexity index is 267. The molecule has 4 fully saturated rings. The van der Waals surface area contributed by atoms with Crippen molar-refractivity contribution >= 4 is 24.8 Å². The van der Waals surface area contributed by atoms with Crippen LogP contribution in [0.15, 0.2) is 0 Å². The molecule has 0 aliphatic heterocycles. The molecule has 4 aliphatic carbocycles. The topological polar surface area (TPSA) is 44.3 Å². The van der Waals surface area contributed by atoms with E-state index >= 15 is 0 Å². The zero-order valence-electron chi connectivity index (χ0n) is 13.0. The van der Waals surface area contributed by atoms with Gasteiger partial charge in [-0.2, -0.15) is 0 Å². The maximum absolute atomic E-state index is 8.71. The van der Waals surface area contributed by atoms with E-state index in [2.05, 4.69) is 10.6 Å². The lowest BCUT2D eigenvalue weighted by Crippen LogP contribution is -2.50. The van der Waals surface area contributed by atoms with Crippen molar-refractivity contribution in [1.29, 1.82) is 0 Å². The Morgan fingerprint density at radius 2 is 1.33 bits per heavy atom. The molecule has 126 valence electrons. The third-order valence-corrected chi connectivity index (χ3v) is 5.66. The summed E-state index contributed by atoms with van der Waals surface area (Å²) in [7, 11) is 0. The van der Waals surface area contributed by atoms with Crippen molar-refractivity contribution in [1.82, 2.24) is 10.6 Å². The molecule has 0 aromatic carbocycles. The minimum absolute atomic E-state index is 0. The van der Waals surface area contributed by atoms with Gasteiger partial charge in [-0.15, -0.1) is 24.8 Å². The predicted octanol–water partition coefficient (Wildman–Crippen LogP) is 2.61. The van der Waals surface area contributed by atoms with E-state index in [1.165, 1.54) is 25.8 Å². The second-order valence-corrected chi connectivity index (χ2v) is 7.42. The Hall–Kier alpha value is 0.460. The van der Waals surface area contributed by atoms with Crippen LogP contribution in [-0.2, 0) is 0 Å². The van der Waals surface area contributed by atoms with E-state index < -0.39 is 0 Å². The Balaban J connectivity index is 0.00000110. The summed E-state index contributed by atoms with van der Waals surface area (Å²) in [6.45, 7) is 4.60. The summed E-state index contributed by atoms with van der Waals surface area (Å²) in [5.74, 6) is 3.20. The van der Waals surface area contributed by atoms with Crippen LogP contribution >= 0.6 is 24.8 Å². The van der Waals surface area contributed by atoms with Gasteiger partial charge >= 0.3 is 0 Å². The van der Waals surface area contributed by atoms with E-state index in [9.17, 15) is 0 Å². The summed E-state index contributed by atoms with van der Waals surface area (Å²) in [6, 6.07) is 0. The van der Waals surface area contributed by atoms with E-state index in [1.54, 1.807) is 19.3 Å². The summed E-state index contributed by atoms with van der Waals surface area (Å²) in [6.07, 6.45) is 10.0. The van der Waals surface area contributed by atoms with Gasteiger partial charge in [-0.05, 0) is 74.7 Å². The molecule has 4 aliphatic rings. The fourth-order valence-electron chi connectivity index (χ4n) is 5.37. The van der Waals surface area contributed by atoms with Crippen molar-refractivity contribution in [3.8, 4) is 0 Å². The number of hydrogen-bond acceptors (Lipinski definition) is 3. The van der Waals surface area contributed by atoms with E-state index in [4.69, 9.17) is 5.11 Å². The summed E-state index contributed by atoms with van der Waals surface area (Å²) in [5.41, 5.74) is 0.667. The van der Waals surface area contributed by atoms with E-state index in [1.807, 2.05) is 0 Å². The van der Waals surface area contributed by atoms with Crippen molar-refractivity contribution in [2.75, 3.05) is 32.8 Å². The van der Waals surface area contributed by atoms with Crippen LogP contribution in [0, 0.1) is 23.2 Å². The molecular formula is C16H32Cl2N2O. The fourth-order valence-corrected chi connectivity index (χ4v) is 5.37. The van der Waals surface area contributed by atoms with Gasteiger partial charge < -0.3 is 15.7 Å². The van der Waals surface area contributed by atoms with Crippen LogP contribution in [0.4, 0.5) is 0 Å². The first-order chi connectivity index (χ1) is 9.30. The van der Waals surface area contributed by atoms with Gasteiger partial charge in [0.25, 0.3) is 0 Å². The van der Waals surface area contributed by atoms with Crippen LogP contribution in [0.2, 0.25) is 0 Å². The fraction of sp³-hybridized carbons (Fsp3) is 1.00. The molecule has 4 bridgehead atoms. The second-order valence-electron chi connectivity index (χ2n) is 7.42. The molecule has 0 atom stereocenters. The quantitative estimate of drug-likeness (QED) is 0.596. The lowest BCUT2D eigenvalue weighted by atomic mass is 9.49. The highest BCUT2D eigenvalue weighted by molar-refractivity contribution is 5.85. The molecule has 0 amide bonds. The van der Waals surface area contributed by atoms with Gasteiger partial charge in [0.1, 0.15) is 0 Å². The first-order valence-electron chi connectivity index (χ1n) is 8.32. The van der Waals surface area contributed by atoms with E-state index in [0.717, 1.165) is 43.8 Å². The maximum atomic E-state index is 8.71. The Kier molecular flexibility index (Phi) is 8.29. The highest BCUT2D eigenvalue weighted by Crippen LogP contribution is 2.59. The molecule has 3 nitrogen and oxygen atoms in total. The predicted molar refractivity (Wildman–Crippen MR) is 92.5 cm³/mol. The molecule has 0 radical (unpaired) electrons. The molecule has 0 saturated heterocycles. The van der Waals surface area contributed by atoms with Crippen molar-refractivity contribution < 1.29 is 5.11 Å². The number of halogens is 2. The molecule has 0 heterocycles. The van der Waals surface area contributed by atoms with Gasteiger partial charge in [0.15, 0.2) is 0 Å². The summed E-state index contributed by atoms with van der Waals surface area (Å²) in [4.78, 5) is 0. The lowest BCUT2D eigenvalue weighted by molar-refractivity contribution is -0.0511. The van der Waals surface area contributed by atoms with Crippen molar-refractivity contribution in [2.45, 2.75) is 44.9 Å². The van der Waals surface area contributed by atoms with Gasteiger partial charge in [0, 0.05) is 26.2 Å². The Morgan fingerprint density at radius 3 is 1.86 bits per heavy atom. The second kappa shape index (κ2) is 8.93. The van der Waals surface area contributed by atoms with E-state index in [0.29, 0.717) is 12.0 Å². The number of aliphatic hydroxyl groups excluding tert-OH is 1. The molecule has 4 saturated carbocycles. The van der Waals surface area contributed by atoms with Crippen LogP contribution < -0.4 is 10.6 Å². The van der Waals surface area contributed by atoms with Gasteiger partial charge in [0.05, 0.1) is 0 Å². The van der Waals surface area contributed by atoms with E-state index in [-0.39, 0.29) is 24.8 Å². The Labute approximate surface area is 141 Å². The standard InChI is InChI=1S/C16H30N2O.2ClH/c19-5-1-2-17-3-4-18-12-16-9-13-6-14(10-16)8-15(7-13)11-16;;/h13-15,17-19H,1-12H2;2*1H. The molecule has 4 rings (SSSR count). The van der Waals surface area contributed by atoms with Crippen molar-refractivity contribution in [2.24, 2.45) is 23.2 Å².